The summed E-state index contributed by atoms with van der Waals surface area (Å²) in [4.78, 5) is 78.4. The van der Waals surface area contributed by atoms with Crippen molar-refractivity contribution in [1.29, 1.82) is 0 Å². The van der Waals surface area contributed by atoms with Crippen molar-refractivity contribution in [2.75, 3.05) is 30.0 Å². The molecule has 0 bridgehead atoms. The number of benzene rings is 3. The topological polar surface area (TPSA) is 192 Å². The quantitative estimate of drug-likeness (QED) is 0.0803. The molecule has 5 aromatic rings. The van der Waals surface area contributed by atoms with Gasteiger partial charge in [-0.2, -0.15) is 0 Å². The van der Waals surface area contributed by atoms with E-state index in [1.165, 1.54) is 19.2 Å². The molecule has 2 saturated carbocycles. The summed E-state index contributed by atoms with van der Waals surface area (Å²) in [5, 5.41) is 15.0. The van der Waals surface area contributed by atoms with Crippen LogP contribution in [0.2, 0.25) is 0 Å². The Morgan fingerprint density at radius 2 is 1.14 bits per heavy atom. The van der Waals surface area contributed by atoms with Crippen LogP contribution in [-0.4, -0.2) is 103 Å². The van der Waals surface area contributed by atoms with Crippen molar-refractivity contribution in [3.05, 3.63) is 82.9 Å². The first-order valence-corrected chi connectivity index (χ1v) is 27.2. The van der Waals surface area contributed by atoms with Crippen molar-refractivity contribution >= 4 is 57.4 Å². The number of halogens is 2. The Labute approximate surface area is 430 Å². The molecular formula is C56H70F2N10O6. The average molecular weight is 1020 g/mol. The lowest BCUT2D eigenvalue weighted by Gasteiger charge is -2.35. The largest absolute Gasteiger partial charge is 0.465 e. The fourth-order valence-corrected chi connectivity index (χ4v) is 14.1. The van der Waals surface area contributed by atoms with E-state index < -0.39 is 35.9 Å². The van der Waals surface area contributed by atoms with Crippen LogP contribution in [0.4, 0.5) is 29.7 Å². The highest BCUT2D eigenvalue weighted by atomic mass is 19.1. The summed E-state index contributed by atoms with van der Waals surface area (Å²) in [5.74, 6) is -0.00471. The molecule has 6 heterocycles. The number of nitrogens with one attached hydrogen (secondary N) is 4. The molecule has 3 aromatic carbocycles. The number of hydrogen-bond donors (Lipinski definition) is 5. The number of carbonyl (C=O) groups excluding carboxylic acids is 3. The summed E-state index contributed by atoms with van der Waals surface area (Å²) in [6.07, 6.45) is 9.57. The van der Waals surface area contributed by atoms with Crippen LogP contribution in [0.15, 0.2) is 48.5 Å². The number of amides is 4. The van der Waals surface area contributed by atoms with Gasteiger partial charge in [0.2, 0.25) is 11.8 Å². The third-order valence-electron chi connectivity index (χ3n) is 17.6. The molecule has 6 aliphatic rings. The molecule has 74 heavy (non-hydrogen) atoms. The van der Waals surface area contributed by atoms with Crippen LogP contribution in [0.25, 0.3) is 22.1 Å². The first kappa shape index (κ1) is 49.7. The lowest BCUT2D eigenvalue weighted by Crippen LogP contribution is -2.53. The lowest BCUT2D eigenvalue weighted by atomic mass is 10.0. The Bertz CT molecular complexity index is 2930. The van der Waals surface area contributed by atoms with E-state index in [4.69, 9.17) is 14.7 Å². The second-order valence-corrected chi connectivity index (χ2v) is 22.7. The van der Waals surface area contributed by atoms with Crippen LogP contribution in [0.3, 0.4) is 0 Å². The third kappa shape index (κ3) is 8.96. The zero-order chi connectivity index (χ0) is 51.7. The summed E-state index contributed by atoms with van der Waals surface area (Å²) in [7, 11) is 1.30. The molecule has 6 fully saturated rings. The number of rotatable bonds is 12. The fourth-order valence-electron chi connectivity index (χ4n) is 14.1. The lowest BCUT2D eigenvalue weighted by molar-refractivity contribution is -0.138. The predicted molar refractivity (Wildman–Crippen MR) is 276 cm³/mol. The van der Waals surface area contributed by atoms with E-state index in [9.17, 15) is 24.3 Å². The van der Waals surface area contributed by atoms with E-state index >= 15 is 8.78 Å². The van der Waals surface area contributed by atoms with Crippen LogP contribution in [0, 0.1) is 35.3 Å². The molecule has 10 atom stereocenters. The molecule has 4 saturated heterocycles. The third-order valence-corrected chi connectivity index (χ3v) is 17.6. The fraction of sp³-hybridized carbons (Fsp3) is 0.571. The molecule has 0 radical (unpaired) electrons. The normalized spacial score (nSPS) is 26.6. The zero-order valence-corrected chi connectivity index (χ0v) is 43.1. The van der Waals surface area contributed by atoms with E-state index in [1.54, 1.807) is 0 Å². The van der Waals surface area contributed by atoms with Crippen LogP contribution in [-0.2, 0) is 14.3 Å². The predicted octanol–water partition coefficient (Wildman–Crippen LogP) is 10.3. The van der Waals surface area contributed by atoms with Gasteiger partial charge in [0, 0.05) is 30.9 Å². The Hall–Kier alpha value is -6.46. The number of nitrogens with zero attached hydrogens (tertiary/aromatic N) is 6. The molecule has 18 heteroatoms. The number of aromatic amines is 2. The number of carboxylic acid groups (broad SMARTS) is 1. The van der Waals surface area contributed by atoms with Crippen LogP contribution in [0.1, 0.15) is 158 Å². The number of anilines is 2. The van der Waals surface area contributed by atoms with Gasteiger partial charge in [0.05, 0.1) is 53.3 Å². The highest BCUT2D eigenvalue weighted by Crippen LogP contribution is 2.52. The number of alkyl carbamates (subject to hydrolysis) is 1. The van der Waals surface area contributed by atoms with Gasteiger partial charge in [0.25, 0.3) is 0 Å². The number of fused-ring (bicyclic) bond motifs is 4. The Morgan fingerprint density at radius 3 is 1.59 bits per heavy atom. The molecule has 4 amide bonds. The number of ether oxygens (including phenoxy) is 1. The van der Waals surface area contributed by atoms with Gasteiger partial charge in [-0.15, -0.1) is 0 Å². The van der Waals surface area contributed by atoms with Crippen molar-refractivity contribution in [1.82, 2.24) is 40.4 Å². The molecule has 394 valence electrons. The maximum absolute atomic E-state index is 16.6. The summed E-state index contributed by atoms with van der Waals surface area (Å²) in [6, 6.07) is 12.4. The molecule has 5 N–H and O–H groups in total. The second-order valence-electron chi connectivity index (χ2n) is 22.7. The van der Waals surface area contributed by atoms with Gasteiger partial charge < -0.3 is 50.0 Å². The number of imidazole rings is 2. The van der Waals surface area contributed by atoms with Crippen LogP contribution >= 0.6 is 0 Å². The molecule has 1 unspecified atom stereocenters. The van der Waals surface area contributed by atoms with Gasteiger partial charge in [0.1, 0.15) is 29.4 Å². The van der Waals surface area contributed by atoms with Crippen LogP contribution < -0.4 is 20.4 Å². The molecule has 2 aromatic heterocycles. The number of piperidine rings is 1. The van der Waals surface area contributed by atoms with E-state index in [-0.39, 0.29) is 65.6 Å². The molecule has 0 spiro atoms. The number of methoxy groups -OCH3 is 1. The van der Waals surface area contributed by atoms with Gasteiger partial charge in [-0.1, -0.05) is 52.7 Å². The Morgan fingerprint density at radius 1 is 0.649 bits per heavy atom. The zero-order valence-electron chi connectivity index (χ0n) is 43.1. The molecular weight excluding hydrogens is 947 g/mol. The number of likely N-dealkylation sites (tertiary alicyclic amines) is 2. The van der Waals surface area contributed by atoms with Gasteiger partial charge in [0.15, 0.2) is 11.6 Å². The van der Waals surface area contributed by atoms with E-state index in [0.29, 0.717) is 60.6 Å². The maximum atomic E-state index is 16.6. The number of carbonyl (C=O) groups is 4. The van der Waals surface area contributed by atoms with E-state index in [2.05, 4.69) is 43.7 Å². The average Bonchev–Trinajstić information content (AvgIpc) is 4.24. The van der Waals surface area contributed by atoms with Gasteiger partial charge in [-0.25, -0.2) is 28.3 Å². The highest BCUT2D eigenvalue weighted by Gasteiger charge is 2.51. The minimum Gasteiger partial charge on any atom is -0.465 e. The van der Waals surface area contributed by atoms with Gasteiger partial charge >= 0.3 is 12.2 Å². The Balaban J connectivity index is 0.932. The summed E-state index contributed by atoms with van der Waals surface area (Å²) >= 11 is 0. The molecule has 2 aliphatic carbocycles. The Kier molecular flexibility index (Phi) is 13.4. The molecule has 16 nitrogen and oxygen atoms in total. The van der Waals surface area contributed by atoms with E-state index in [1.807, 2.05) is 60.6 Å². The maximum Gasteiger partial charge on any atom is 0.407 e. The standard InChI is InChI=1S/C56H70F2N10O6/c1-29(2)48(63-55(71)72)53(69)67-42-13-9-11-31(42)25-46(67)51-59-38-17-15-33(23-40(38)61-51)44-19-20-45(66(44)35-27-36(57)50(37(58)28-35)65-21-7-6-8-22-65)34-16-18-39-41(24-34)62-52(60-39)47-26-32-12-10-14-43(32)68(47)54(70)49(30(3)4)64-56(73)74-5/h15-18,23-24,27-32,42-49,63H,6-14,19-22,25-26H2,1-5H3,(H,59,61)(H,60,62)(H,64,73)(H,71,72)/t31-,32-,42-,43-,44+,45+,46-,47?,48-,49-/m0/s1. The van der Waals surface area contributed by atoms with Crippen molar-refractivity contribution in [2.24, 2.45) is 23.7 Å². The SMILES string of the molecule is COC(=O)N[C@H](C(=O)N1C(c2nc3cc([C@H]4CC[C@H](c5ccc6[nH]c([C@@H]7C[C@@H]8CCC[C@@H]8N7C(=O)[C@@H](NC(=O)O)C(C)C)nc6c5)N4c4cc(F)c(N5CCCCC5)c(F)c4)ccc3[nH]2)C[C@@H]2CCC[C@@H]21)C(C)C. The smallest absolute Gasteiger partial charge is 0.407 e. The first-order valence-electron chi connectivity index (χ1n) is 27.2. The van der Waals surface area contributed by atoms with Crippen molar-refractivity contribution in [3.8, 4) is 0 Å². The number of H-pyrrole nitrogens is 2. The van der Waals surface area contributed by atoms with Crippen molar-refractivity contribution in [2.45, 2.75) is 160 Å². The van der Waals surface area contributed by atoms with Crippen LogP contribution in [0.5, 0.6) is 0 Å². The minimum atomic E-state index is -1.23. The molecule has 11 rings (SSSR count). The van der Waals surface area contributed by atoms with E-state index in [0.717, 1.165) is 98.3 Å². The van der Waals surface area contributed by atoms with Crippen molar-refractivity contribution < 1.29 is 37.8 Å². The number of aromatic nitrogens is 4. The summed E-state index contributed by atoms with van der Waals surface area (Å²) in [6.45, 7) is 8.73. The first-order chi connectivity index (χ1) is 35.7. The summed E-state index contributed by atoms with van der Waals surface area (Å²) < 4.78 is 38.0. The monoisotopic (exact) mass is 1020 g/mol. The van der Waals surface area contributed by atoms with Gasteiger partial charge in [-0.3, -0.25) is 9.59 Å². The van der Waals surface area contributed by atoms with Gasteiger partial charge in [-0.05, 0) is 142 Å². The minimum absolute atomic E-state index is 0.00656. The molecule has 4 aliphatic heterocycles. The highest BCUT2D eigenvalue weighted by molar-refractivity contribution is 5.88. The number of hydrogen-bond acceptors (Lipinski definition) is 9. The van der Waals surface area contributed by atoms with Crippen molar-refractivity contribution in [3.63, 3.8) is 0 Å². The summed E-state index contributed by atoms with van der Waals surface area (Å²) in [5.41, 5.74) is 5.37. The second kappa shape index (κ2) is 20.0.